The molecule has 0 spiro atoms. The zero-order chi connectivity index (χ0) is 82.9. The Bertz CT molecular complexity index is 1250. The third-order valence-corrected chi connectivity index (χ3v) is 25.7. The molecule has 0 unspecified atom stereocenters. The summed E-state index contributed by atoms with van der Waals surface area (Å²) in [4.78, 5) is 8.81. The van der Waals surface area contributed by atoms with Crippen molar-refractivity contribution in [2.75, 3.05) is 187 Å². The van der Waals surface area contributed by atoms with Crippen molar-refractivity contribution in [3.8, 4) is 0 Å². The molecule has 0 atom stereocenters. The van der Waals surface area contributed by atoms with Crippen LogP contribution in [0.1, 0.15) is 177 Å². The Labute approximate surface area is 800 Å². The predicted molar refractivity (Wildman–Crippen MR) is 498 cm³/mol. The van der Waals surface area contributed by atoms with Crippen LogP contribution >= 0.6 is 124 Å². The van der Waals surface area contributed by atoms with Crippen molar-refractivity contribution in [3.63, 3.8) is 0 Å². The largest absolute Gasteiger partial charge is 1.00 e. The second kappa shape index (κ2) is 135. The first-order valence-electron chi connectivity index (χ1n) is 34.0. The predicted octanol–water partition coefficient (Wildman–Crippen LogP) is 21.2. The zero-order valence-corrected chi connectivity index (χ0v) is 98.8. The molecule has 0 aliphatic heterocycles. The maximum Gasteiger partial charge on any atom is 1.00 e. The van der Waals surface area contributed by atoms with Gasteiger partial charge in [-0.3, -0.25) is 0 Å². The molecule has 0 amide bonds. The molecular formula is C63H168Au8N5P8S10+5. The van der Waals surface area contributed by atoms with Crippen LogP contribution in [0.25, 0.3) is 0 Å². The van der Waals surface area contributed by atoms with Crippen molar-refractivity contribution >= 4 is 209 Å². The van der Waals surface area contributed by atoms with Crippen LogP contribution in [0.15, 0.2) is 0 Å². The fourth-order valence-electron chi connectivity index (χ4n) is 4.72. The summed E-state index contributed by atoms with van der Waals surface area (Å²) in [6.07, 6.45) is 7.07. The van der Waals surface area contributed by atoms with Gasteiger partial charge in [-0.05, 0) is 156 Å². The van der Waals surface area contributed by atoms with Gasteiger partial charge in [0.15, 0.2) is 0 Å². The van der Waals surface area contributed by atoms with Gasteiger partial charge in [-0.25, -0.2) is 0 Å². The van der Waals surface area contributed by atoms with E-state index in [-0.39, 0.29) is 196 Å². The fraction of sp³-hybridized carbons (Fsp3) is 0.921. The maximum absolute atomic E-state index is 5.88. The minimum atomic E-state index is -0.250. The summed E-state index contributed by atoms with van der Waals surface area (Å²) >= 11 is 50.6. The average Bonchev–Trinajstić information content (AvgIpc) is 0.934. The summed E-state index contributed by atoms with van der Waals surface area (Å²) in [7, 11) is 15.5. The quantitative estimate of drug-likeness (QED) is 0.0753. The molecule has 0 aliphatic rings. The van der Waals surface area contributed by atoms with Crippen molar-refractivity contribution in [2.24, 2.45) is 0 Å². The molecule has 0 fully saturated rings. The number of hydrogen-bond donors (Lipinski definition) is 0. The third-order valence-electron chi connectivity index (χ3n) is 9.21. The number of nitrogens with zero attached hydrogens (tertiary/aromatic N) is 5. The van der Waals surface area contributed by atoms with Gasteiger partial charge in [0.25, 0.3) is 0 Å². The smallest absolute Gasteiger partial charge is 1.00 e. The summed E-state index contributed by atoms with van der Waals surface area (Å²) in [5.74, 6) is 0. The molecule has 0 aromatic carbocycles. The SMILES string of the molecule is C.C.CC(C)P(C(C)C)C(C)C.CC(C)[PH+](C(C)C)C(C)C.CCN(C)C(=S)[S-].CCN(C)C(=S)[S-].CCP(CC)CC.CC[PH+](C)C.CC[PH+](C)C.CN(C)C(=S)[S-].CN(C)C(=S)[S-].CN(C)C(=S)[S-].CP(C)C.C[PH+](C)C.C[PH+](C)C.[2H]C[3H].[2H]C[3H].[2H]C[3H].[2H][Au].[2H][Au].[2H][Au].[Au+].[Au+].[Au+].[Au+].[Au+]. The van der Waals surface area contributed by atoms with E-state index in [2.05, 4.69) is 329 Å². The first kappa shape index (κ1) is 146. The molecule has 0 N–H and O–H groups in total. The minimum Gasteiger partial charge on any atom is 1.00 e. The topological polar surface area (TPSA) is 16.2 Å². The van der Waals surface area contributed by atoms with Crippen LogP contribution in [0.2, 0.25) is 0 Å². The molecule has 0 bridgehead atoms. The summed E-state index contributed by atoms with van der Waals surface area (Å²) in [5, 5.41) is 0. The van der Waals surface area contributed by atoms with E-state index in [1.807, 2.05) is 80.0 Å². The minimum absolute atomic E-state index is 0. The van der Waals surface area contributed by atoms with E-state index in [0.29, 0.717) is 37.4 Å². The molecule has 0 aromatic rings. The molecule has 0 aliphatic carbocycles. The Morgan fingerprint density at radius 3 is 0.532 bits per heavy atom. The third kappa shape index (κ3) is 225. The molecule has 0 heterocycles. The Morgan fingerprint density at radius 2 is 0.532 bits per heavy atom. The molecule has 0 radical (unpaired) electrons. The number of thiocarbonyl (C=S) groups is 5. The molecule has 31 heteroatoms. The van der Waals surface area contributed by atoms with E-state index in [4.69, 9.17) is 10.3 Å². The maximum atomic E-state index is 5.88. The molecule has 0 saturated heterocycles. The van der Waals surface area contributed by atoms with E-state index in [1.54, 1.807) is 14.7 Å². The van der Waals surface area contributed by atoms with Gasteiger partial charge >= 0.3 is 181 Å². The van der Waals surface area contributed by atoms with E-state index in [9.17, 15) is 0 Å². The number of hydrogen-bond acceptors (Lipinski definition) is 10. The van der Waals surface area contributed by atoms with Crippen molar-refractivity contribution < 1.29 is 187 Å². The summed E-state index contributed by atoms with van der Waals surface area (Å²) in [6, 6.07) is 0. The van der Waals surface area contributed by atoms with E-state index in [0.717, 1.165) is 47.0 Å². The summed E-state index contributed by atoms with van der Waals surface area (Å²) in [6.45, 7) is 75.1. The van der Waals surface area contributed by atoms with Gasteiger partial charge in [0, 0.05) is 152 Å². The van der Waals surface area contributed by atoms with Crippen LogP contribution in [0, 0.1) is 0 Å². The normalized spacial score (nSPS) is 9.21. The molecule has 5 nitrogen and oxygen atoms in total. The van der Waals surface area contributed by atoms with Crippen molar-refractivity contribution in [3.05, 3.63) is 0 Å². The monoisotopic (exact) mass is 3150 g/mol. The summed E-state index contributed by atoms with van der Waals surface area (Å²) < 4.78 is 54.9. The molecule has 0 aromatic heterocycles. The van der Waals surface area contributed by atoms with Gasteiger partial charge in [-0.15, -0.1) is 15.8 Å². The standard InChI is InChI=1S/2C9H21P.C6H15P.2C4H9NS2.2C4H11P.3C3H7NS2.3C3H9P.5CH4.8Au.3H/c2*1-7(2)10(8(3)4)9(5)6;1-4-7(5-2)6-3;2*1-3-5(2)4(6)7;2*1-4-5(2)3;3*1-4(2)3(5)6;3*1-4(2)3;;;;;;;;;;;;;;;;/h2*7-9H,1-6H3;4-6H2,1-3H3;2*3H2,1-2H3,(H,6,7);2*4H2,1-3H3;3*1-2H3,(H,5,6);3*1-3H3;5*1H4;;;;;;;;;;;/q;;;;;;;;;;;;;;;;;;;;;5*+1;;;/i;;;;;;;;;;;;;3*1TD;;;;;;;;;;;3*1+1. The zero-order valence-electron chi connectivity index (χ0n) is 74.6. The van der Waals surface area contributed by atoms with E-state index in [1.165, 1.54) is 97.4 Å². The Kier molecular flexibility index (Phi) is 210. The first-order valence-corrected chi connectivity index (χ1v) is 52.2. The molecule has 0 saturated carbocycles. The van der Waals surface area contributed by atoms with Gasteiger partial charge in [-0.1, -0.05) is 129 Å². The second-order valence-corrected chi connectivity index (χ2v) is 54.6. The van der Waals surface area contributed by atoms with E-state index < -0.39 is 0 Å². The molecule has 0 rings (SSSR count). The first-order chi connectivity index (χ1) is 43.5. The number of rotatable bonds is 13. The second-order valence-electron chi connectivity index (χ2n) is 22.8. The van der Waals surface area contributed by atoms with E-state index >= 15 is 0 Å². The summed E-state index contributed by atoms with van der Waals surface area (Å²) in [5.41, 5.74) is 5.50. The Hall–Kier alpha value is 9.91. The van der Waals surface area contributed by atoms with Crippen LogP contribution in [0.3, 0.4) is 0 Å². The van der Waals surface area contributed by atoms with Crippen LogP contribution in [0.4, 0.5) is 0 Å². The molecular weight excluding hydrogens is 2970 g/mol. The van der Waals surface area contributed by atoms with Crippen LogP contribution in [-0.4, -0.2) is 269 Å². The van der Waals surface area contributed by atoms with Gasteiger partial charge in [0.1, 0.15) is 0 Å². The van der Waals surface area contributed by atoms with Gasteiger partial charge in [0.05, 0.1) is 29.3 Å². The van der Waals surface area contributed by atoms with Crippen LogP contribution < -0.4 is 0 Å². The van der Waals surface area contributed by atoms with Gasteiger partial charge < -0.3 is 149 Å². The van der Waals surface area contributed by atoms with Gasteiger partial charge in [-0.2, -0.15) is 0 Å². The fourth-order valence-corrected chi connectivity index (χ4v) is 14.2. The van der Waals surface area contributed by atoms with Crippen LogP contribution in [0.5, 0.6) is 0 Å². The Morgan fingerprint density at radius 1 is 0.415 bits per heavy atom. The molecule has 94 heavy (non-hydrogen) atoms. The average molecular weight is 3150 g/mol. The van der Waals surface area contributed by atoms with Crippen LogP contribution in [-0.2, 0) is 242 Å². The van der Waals surface area contributed by atoms with Crippen molar-refractivity contribution in [1.82, 2.24) is 24.5 Å². The van der Waals surface area contributed by atoms with Crippen molar-refractivity contribution in [1.29, 1.82) is 2.04 Å². The molecule has 628 valence electrons. The van der Waals surface area contributed by atoms with Crippen molar-refractivity contribution in [2.45, 2.75) is 202 Å². The van der Waals surface area contributed by atoms with Gasteiger partial charge in [0.2, 0.25) is 0 Å². The Balaban J connectivity index is -0.0000000256.